The molecule has 1 unspecified atom stereocenters. The first-order valence-electron chi connectivity index (χ1n) is 9.48. The highest BCUT2D eigenvalue weighted by Crippen LogP contribution is 2.24. The van der Waals surface area contributed by atoms with Gasteiger partial charge in [-0.2, -0.15) is 0 Å². The standard InChI is InChI=1S/C22H27N3O3.ClH/c1-25(2)22(27)19-13-18(8-9-20(19)28-3)24-21(26)17-6-4-15(5-7-17)12-16-10-11-23-14-16;/h4-9,13,16,23H,10-12,14H2,1-3H3,(H,24,26);1H. The largest absolute Gasteiger partial charge is 0.496 e. The molecule has 6 nitrogen and oxygen atoms in total. The van der Waals surface area contributed by atoms with E-state index in [1.165, 1.54) is 24.0 Å². The molecule has 1 heterocycles. The minimum Gasteiger partial charge on any atom is -0.496 e. The first-order chi connectivity index (χ1) is 13.5. The second kappa shape index (κ2) is 10.3. The van der Waals surface area contributed by atoms with Crippen LogP contribution in [0.25, 0.3) is 0 Å². The van der Waals surface area contributed by atoms with Crippen molar-refractivity contribution >= 4 is 29.9 Å². The molecule has 0 spiro atoms. The number of amides is 2. The van der Waals surface area contributed by atoms with Gasteiger partial charge in [0.15, 0.2) is 0 Å². The van der Waals surface area contributed by atoms with E-state index in [-0.39, 0.29) is 24.2 Å². The van der Waals surface area contributed by atoms with Crippen molar-refractivity contribution in [3.05, 3.63) is 59.2 Å². The number of nitrogens with one attached hydrogen (secondary N) is 2. The van der Waals surface area contributed by atoms with Gasteiger partial charge in [-0.1, -0.05) is 12.1 Å². The molecule has 2 aromatic carbocycles. The van der Waals surface area contributed by atoms with Crippen molar-refractivity contribution in [2.24, 2.45) is 5.92 Å². The molecule has 1 fully saturated rings. The quantitative estimate of drug-likeness (QED) is 0.757. The molecule has 1 aliphatic rings. The van der Waals surface area contributed by atoms with Gasteiger partial charge in [0, 0.05) is 25.3 Å². The molecular formula is C22H28ClN3O3. The number of halogens is 1. The van der Waals surface area contributed by atoms with Gasteiger partial charge in [0.1, 0.15) is 5.75 Å². The summed E-state index contributed by atoms with van der Waals surface area (Å²) in [5, 5.41) is 6.24. The Morgan fingerprint density at radius 3 is 2.48 bits per heavy atom. The van der Waals surface area contributed by atoms with Gasteiger partial charge in [-0.25, -0.2) is 0 Å². The predicted octanol–water partition coefficient (Wildman–Crippen LogP) is 3.22. The average Bonchev–Trinajstić information content (AvgIpc) is 3.20. The third-order valence-corrected chi connectivity index (χ3v) is 5.00. The smallest absolute Gasteiger partial charge is 0.257 e. The van der Waals surface area contributed by atoms with E-state index in [1.807, 2.05) is 24.3 Å². The lowest BCUT2D eigenvalue weighted by molar-refractivity contribution is 0.0824. The van der Waals surface area contributed by atoms with Crippen molar-refractivity contribution in [2.75, 3.05) is 39.6 Å². The monoisotopic (exact) mass is 417 g/mol. The summed E-state index contributed by atoms with van der Waals surface area (Å²) >= 11 is 0. The van der Waals surface area contributed by atoms with E-state index in [9.17, 15) is 9.59 Å². The van der Waals surface area contributed by atoms with Crippen LogP contribution in [0.3, 0.4) is 0 Å². The van der Waals surface area contributed by atoms with Crippen molar-refractivity contribution in [1.82, 2.24) is 10.2 Å². The number of rotatable bonds is 6. The molecule has 0 aliphatic carbocycles. The Bertz CT molecular complexity index is 847. The second-order valence-electron chi connectivity index (χ2n) is 7.33. The summed E-state index contributed by atoms with van der Waals surface area (Å²) in [6, 6.07) is 12.8. The van der Waals surface area contributed by atoms with Gasteiger partial charge in [0.25, 0.3) is 11.8 Å². The molecule has 1 atom stereocenters. The maximum absolute atomic E-state index is 12.6. The lowest BCUT2D eigenvalue weighted by Gasteiger charge is -2.15. The number of carbonyl (C=O) groups is 2. The molecule has 3 rings (SSSR count). The third-order valence-electron chi connectivity index (χ3n) is 5.00. The molecule has 2 N–H and O–H groups in total. The Labute approximate surface area is 178 Å². The number of benzene rings is 2. The Kier molecular flexibility index (Phi) is 8.05. The number of ether oxygens (including phenoxy) is 1. The van der Waals surface area contributed by atoms with Gasteiger partial charge in [0.2, 0.25) is 0 Å². The molecule has 0 bridgehead atoms. The molecule has 0 saturated carbocycles. The molecule has 2 aromatic rings. The molecular weight excluding hydrogens is 390 g/mol. The Morgan fingerprint density at radius 2 is 1.90 bits per heavy atom. The molecule has 2 amide bonds. The summed E-state index contributed by atoms with van der Waals surface area (Å²) in [6.07, 6.45) is 2.23. The van der Waals surface area contributed by atoms with Crippen LogP contribution < -0.4 is 15.4 Å². The number of hydrogen-bond acceptors (Lipinski definition) is 4. The SMILES string of the molecule is COc1ccc(NC(=O)c2ccc(CC3CCNC3)cc2)cc1C(=O)N(C)C.Cl. The van der Waals surface area contributed by atoms with Gasteiger partial charge < -0.3 is 20.3 Å². The van der Waals surface area contributed by atoms with Gasteiger partial charge in [0.05, 0.1) is 12.7 Å². The van der Waals surface area contributed by atoms with Gasteiger partial charge >= 0.3 is 0 Å². The van der Waals surface area contributed by atoms with E-state index in [1.54, 1.807) is 32.3 Å². The summed E-state index contributed by atoms with van der Waals surface area (Å²) in [5.74, 6) is 0.760. The van der Waals surface area contributed by atoms with Crippen LogP contribution in [0.4, 0.5) is 5.69 Å². The zero-order valence-corrected chi connectivity index (χ0v) is 17.8. The van der Waals surface area contributed by atoms with Gasteiger partial charge in [-0.3, -0.25) is 9.59 Å². The summed E-state index contributed by atoms with van der Waals surface area (Å²) in [6.45, 7) is 2.15. The topological polar surface area (TPSA) is 70.7 Å². The second-order valence-corrected chi connectivity index (χ2v) is 7.33. The normalized spacial score (nSPS) is 15.3. The van der Waals surface area contributed by atoms with E-state index in [0.29, 0.717) is 28.5 Å². The minimum atomic E-state index is -0.206. The van der Waals surface area contributed by atoms with Crippen LogP contribution in [0.1, 0.15) is 32.7 Å². The summed E-state index contributed by atoms with van der Waals surface area (Å²) < 4.78 is 5.26. The van der Waals surface area contributed by atoms with Crippen LogP contribution in [0.5, 0.6) is 5.75 Å². The highest BCUT2D eigenvalue weighted by molar-refractivity contribution is 6.05. The lowest BCUT2D eigenvalue weighted by atomic mass is 9.98. The van der Waals surface area contributed by atoms with E-state index in [4.69, 9.17) is 4.74 Å². The number of nitrogens with zero attached hydrogens (tertiary/aromatic N) is 1. The minimum absolute atomic E-state index is 0. The maximum Gasteiger partial charge on any atom is 0.257 e. The molecule has 29 heavy (non-hydrogen) atoms. The number of hydrogen-bond donors (Lipinski definition) is 2. The Balaban J connectivity index is 0.00000300. The predicted molar refractivity (Wildman–Crippen MR) is 117 cm³/mol. The first kappa shape index (κ1) is 22.7. The summed E-state index contributed by atoms with van der Waals surface area (Å²) in [7, 11) is 4.87. The van der Waals surface area contributed by atoms with Crippen LogP contribution in [-0.4, -0.2) is 51.0 Å². The lowest BCUT2D eigenvalue weighted by Crippen LogP contribution is -2.22. The summed E-state index contributed by atoms with van der Waals surface area (Å²) in [5.41, 5.74) is 2.79. The number of methoxy groups -OCH3 is 1. The van der Waals surface area contributed by atoms with Crippen LogP contribution in [-0.2, 0) is 6.42 Å². The maximum atomic E-state index is 12.6. The van der Waals surface area contributed by atoms with Crippen molar-refractivity contribution in [3.63, 3.8) is 0 Å². The fourth-order valence-electron chi connectivity index (χ4n) is 3.41. The Morgan fingerprint density at radius 1 is 1.17 bits per heavy atom. The van der Waals surface area contributed by atoms with E-state index < -0.39 is 0 Å². The molecule has 156 valence electrons. The van der Waals surface area contributed by atoms with E-state index in [2.05, 4.69) is 10.6 Å². The van der Waals surface area contributed by atoms with Crippen LogP contribution in [0, 0.1) is 5.92 Å². The fraction of sp³-hybridized carbons (Fsp3) is 0.364. The molecule has 0 radical (unpaired) electrons. The van der Waals surface area contributed by atoms with Crippen LogP contribution in [0.15, 0.2) is 42.5 Å². The Hall–Kier alpha value is -2.57. The number of carbonyl (C=O) groups excluding carboxylic acids is 2. The van der Waals surface area contributed by atoms with E-state index in [0.717, 1.165) is 19.5 Å². The van der Waals surface area contributed by atoms with Crippen molar-refractivity contribution in [2.45, 2.75) is 12.8 Å². The van der Waals surface area contributed by atoms with Crippen molar-refractivity contribution < 1.29 is 14.3 Å². The molecule has 1 aliphatic heterocycles. The summed E-state index contributed by atoms with van der Waals surface area (Å²) in [4.78, 5) is 26.4. The highest BCUT2D eigenvalue weighted by Gasteiger charge is 2.17. The van der Waals surface area contributed by atoms with Crippen molar-refractivity contribution in [1.29, 1.82) is 0 Å². The van der Waals surface area contributed by atoms with Crippen LogP contribution >= 0.6 is 12.4 Å². The number of anilines is 1. The zero-order valence-electron chi connectivity index (χ0n) is 17.0. The van der Waals surface area contributed by atoms with E-state index >= 15 is 0 Å². The molecule has 1 saturated heterocycles. The average molecular weight is 418 g/mol. The van der Waals surface area contributed by atoms with Gasteiger partial charge in [-0.05, 0) is 67.7 Å². The first-order valence-corrected chi connectivity index (χ1v) is 9.48. The molecule has 0 aromatic heterocycles. The molecule has 7 heteroatoms. The van der Waals surface area contributed by atoms with Gasteiger partial charge in [-0.15, -0.1) is 12.4 Å². The van der Waals surface area contributed by atoms with Crippen molar-refractivity contribution in [3.8, 4) is 5.75 Å². The third kappa shape index (κ3) is 5.71. The fourth-order valence-corrected chi connectivity index (χ4v) is 3.41. The van der Waals surface area contributed by atoms with Crippen LogP contribution in [0.2, 0.25) is 0 Å². The highest BCUT2D eigenvalue weighted by atomic mass is 35.5. The zero-order chi connectivity index (χ0) is 20.1.